The smallest absolute Gasteiger partial charge is 0.462 e. The molecule has 0 aromatic heterocycles. The summed E-state index contributed by atoms with van der Waals surface area (Å²) in [5.74, 6) is -0.465. The highest BCUT2D eigenvalue weighted by molar-refractivity contribution is 7.47. The number of hydrogen-bond acceptors (Lipinski definition) is 12. The summed E-state index contributed by atoms with van der Waals surface area (Å²) in [7, 11) is -9.77. The van der Waals surface area contributed by atoms with Crippen LogP contribution in [0.25, 0.3) is 0 Å². The third kappa shape index (κ3) is 43.3. The minimum Gasteiger partial charge on any atom is -0.462 e. The molecule has 1 unspecified atom stereocenters. The summed E-state index contributed by atoms with van der Waals surface area (Å²) in [5.41, 5.74) is 0. The number of rotatable bonds is 42. The Kier molecular flexibility index (Phi) is 38.1. The third-order valence-corrected chi connectivity index (χ3v) is 11.0. The number of aliphatic hydroxyl groups excluding tert-OH is 3. The van der Waals surface area contributed by atoms with E-state index in [0.29, 0.717) is 12.8 Å². The van der Waals surface area contributed by atoms with Crippen LogP contribution in [0.15, 0.2) is 48.6 Å². The van der Waals surface area contributed by atoms with Crippen LogP contribution in [-0.4, -0.2) is 92.8 Å². The van der Waals surface area contributed by atoms with E-state index < -0.39 is 78.4 Å². The van der Waals surface area contributed by atoms with Crippen LogP contribution in [0.3, 0.4) is 0 Å². The number of carbonyl (C=O) groups excluding carboxylic acids is 2. The van der Waals surface area contributed by atoms with Gasteiger partial charge in [-0.3, -0.25) is 23.2 Å². The van der Waals surface area contributed by atoms with Crippen molar-refractivity contribution in [3.8, 4) is 0 Å². The van der Waals surface area contributed by atoms with Crippen LogP contribution in [0.4, 0.5) is 0 Å². The summed E-state index contributed by atoms with van der Waals surface area (Å²) in [6.07, 6.45) is 31.8. The summed E-state index contributed by atoms with van der Waals surface area (Å²) in [4.78, 5) is 52.8. The minimum absolute atomic E-state index is 0.117. The van der Waals surface area contributed by atoms with Gasteiger partial charge in [-0.15, -0.1) is 0 Å². The number of allylic oxidation sites excluding steroid dienone is 6. The largest absolute Gasteiger partial charge is 0.472 e. The van der Waals surface area contributed by atoms with Gasteiger partial charge >= 0.3 is 27.6 Å². The molecule has 0 saturated heterocycles. The number of esters is 2. The Morgan fingerprint density at radius 3 is 1.55 bits per heavy atom. The van der Waals surface area contributed by atoms with Crippen molar-refractivity contribution in [2.45, 2.75) is 193 Å². The number of ether oxygens (including phenoxy) is 2. The fraction of sp³-hybridized carbons (Fsp3) is 0.778. The molecule has 0 aromatic carbocycles. The van der Waals surface area contributed by atoms with Crippen molar-refractivity contribution in [2.75, 3.05) is 26.4 Å². The number of phosphoric acid groups is 2. The van der Waals surface area contributed by atoms with E-state index in [1.165, 1.54) is 64.2 Å². The molecule has 0 aliphatic carbocycles. The van der Waals surface area contributed by atoms with Crippen LogP contribution in [-0.2, 0) is 41.8 Å². The lowest BCUT2D eigenvalue weighted by molar-refractivity contribution is -0.161. The molecule has 17 heteroatoms. The molecule has 0 radical (unpaired) electrons. The Morgan fingerprint density at radius 1 is 0.548 bits per heavy atom. The van der Waals surface area contributed by atoms with Crippen LogP contribution in [0.2, 0.25) is 0 Å². The van der Waals surface area contributed by atoms with Gasteiger partial charge in [0.2, 0.25) is 0 Å². The number of hydrogen-bond donors (Lipinski definition) is 6. The van der Waals surface area contributed by atoms with Gasteiger partial charge in [-0.25, -0.2) is 9.13 Å². The molecule has 15 nitrogen and oxygen atoms in total. The lowest BCUT2D eigenvalue weighted by atomic mass is 10.0. The first-order chi connectivity index (χ1) is 29.5. The monoisotopic (exact) mass is 925 g/mol. The maximum Gasteiger partial charge on any atom is 0.472 e. The quantitative estimate of drug-likeness (QED) is 0.0145. The maximum atomic E-state index is 12.7. The average Bonchev–Trinajstić information content (AvgIpc) is 3.20. The van der Waals surface area contributed by atoms with Crippen LogP contribution >= 0.6 is 15.6 Å². The SMILES string of the molecule is CCCCC[C@@H](O)/C=C/C=C\C/C=C\C=C\[C@@H](O)CCCC(=O)O[C@H](COC(=O)CCCCCCCCCCCCCCCC(C)C)COP(=O)(O)OC[C@@H](O)COP(=O)(O)O. The minimum atomic E-state index is -4.89. The number of aliphatic hydroxyl groups is 3. The first-order valence-corrected chi connectivity index (χ1v) is 25.9. The van der Waals surface area contributed by atoms with Gasteiger partial charge in [0.1, 0.15) is 12.7 Å². The van der Waals surface area contributed by atoms with Gasteiger partial charge in [-0.1, -0.05) is 172 Å². The molecule has 0 aromatic rings. The normalized spacial score (nSPS) is 15.5. The summed E-state index contributed by atoms with van der Waals surface area (Å²) >= 11 is 0. The molecule has 0 rings (SSSR count). The van der Waals surface area contributed by atoms with E-state index >= 15 is 0 Å². The molecule has 362 valence electrons. The second kappa shape index (κ2) is 39.4. The molecule has 0 aliphatic rings. The van der Waals surface area contributed by atoms with Crippen molar-refractivity contribution in [3.05, 3.63) is 48.6 Å². The topological polar surface area (TPSA) is 236 Å². The van der Waals surface area contributed by atoms with Gasteiger partial charge in [-0.05, 0) is 38.0 Å². The molecule has 0 aliphatic heterocycles. The zero-order valence-electron chi connectivity index (χ0n) is 37.8. The number of carbonyl (C=O) groups is 2. The van der Waals surface area contributed by atoms with E-state index in [-0.39, 0.29) is 25.7 Å². The van der Waals surface area contributed by atoms with E-state index in [9.17, 15) is 38.9 Å². The molecule has 0 amide bonds. The fourth-order valence-electron chi connectivity index (χ4n) is 6.04. The Balaban J connectivity index is 4.72. The van der Waals surface area contributed by atoms with Gasteiger partial charge in [0, 0.05) is 12.8 Å². The van der Waals surface area contributed by atoms with Crippen molar-refractivity contribution in [2.24, 2.45) is 5.92 Å². The van der Waals surface area contributed by atoms with Crippen LogP contribution in [0.5, 0.6) is 0 Å². The van der Waals surface area contributed by atoms with Crippen LogP contribution in [0.1, 0.15) is 168 Å². The van der Waals surface area contributed by atoms with Crippen molar-refractivity contribution in [1.82, 2.24) is 0 Å². The Morgan fingerprint density at radius 2 is 1.02 bits per heavy atom. The van der Waals surface area contributed by atoms with Gasteiger partial charge in [-0.2, -0.15) is 0 Å². The predicted octanol–water partition coefficient (Wildman–Crippen LogP) is 9.64. The van der Waals surface area contributed by atoms with Crippen LogP contribution in [0, 0.1) is 5.92 Å². The highest BCUT2D eigenvalue weighted by Gasteiger charge is 2.28. The third-order valence-electron chi connectivity index (χ3n) is 9.60. The standard InChI is InChI=1S/C45H82O15P2/c1-4-5-22-29-40(46)30-24-19-15-13-16-20-25-31-41(47)32-27-34-45(50)60-43(38-59-62(54,55)58-36-42(48)35-57-61(51,52)53)37-56-44(49)33-26-21-17-12-10-8-6-7-9-11-14-18-23-28-39(2)3/h15-16,19-20,24-25,30-31,39-43,46-48H,4-14,17-18,21-23,26-29,32-38H2,1-3H3,(H,54,55)(H2,51,52,53)/b19-15-,20-16-,30-24+,31-25+/t40-,41-,42+,43-/m1/s1. The van der Waals surface area contributed by atoms with Crippen molar-refractivity contribution in [3.63, 3.8) is 0 Å². The Labute approximate surface area is 372 Å². The first kappa shape index (κ1) is 60.0. The van der Waals surface area contributed by atoms with E-state index in [1.54, 1.807) is 24.3 Å². The van der Waals surface area contributed by atoms with Gasteiger partial charge < -0.3 is 39.5 Å². The van der Waals surface area contributed by atoms with Crippen LogP contribution < -0.4 is 0 Å². The Hall–Kier alpha value is -2.00. The highest BCUT2D eigenvalue weighted by Crippen LogP contribution is 2.43. The summed E-state index contributed by atoms with van der Waals surface area (Å²) in [5, 5.41) is 30.0. The summed E-state index contributed by atoms with van der Waals surface area (Å²) < 4.78 is 47.6. The molecule has 0 spiro atoms. The predicted molar refractivity (Wildman–Crippen MR) is 242 cm³/mol. The number of unbranched alkanes of at least 4 members (excludes halogenated alkanes) is 14. The molecule has 0 bridgehead atoms. The summed E-state index contributed by atoms with van der Waals surface area (Å²) in [6, 6.07) is 0. The second-order valence-electron chi connectivity index (χ2n) is 16.2. The molecule has 0 saturated carbocycles. The highest BCUT2D eigenvalue weighted by atomic mass is 31.2. The molecule has 0 fully saturated rings. The maximum absolute atomic E-state index is 12.7. The van der Waals surface area contributed by atoms with Crippen molar-refractivity contribution >= 4 is 27.6 Å². The number of phosphoric ester groups is 2. The molecule has 5 atom stereocenters. The molecular weight excluding hydrogens is 842 g/mol. The van der Waals surface area contributed by atoms with Gasteiger partial charge in [0.15, 0.2) is 6.10 Å². The molecule has 62 heavy (non-hydrogen) atoms. The average molecular weight is 925 g/mol. The lowest BCUT2D eigenvalue weighted by Gasteiger charge is -2.20. The molecule has 0 heterocycles. The molecular formula is C45H82O15P2. The van der Waals surface area contributed by atoms with E-state index in [0.717, 1.165) is 50.9 Å². The first-order valence-electron chi connectivity index (χ1n) is 22.9. The molecule has 6 N–H and O–H groups in total. The Bertz CT molecular complexity index is 1330. The van der Waals surface area contributed by atoms with Gasteiger partial charge in [0.25, 0.3) is 0 Å². The van der Waals surface area contributed by atoms with Crippen molar-refractivity contribution in [1.29, 1.82) is 0 Å². The lowest BCUT2D eigenvalue weighted by Crippen LogP contribution is -2.30. The zero-order valence-corrected chi connectivity index (χ0v) is 39.6. The second-order valence-corrected chi connectivity index (χ2v) is 18.9. The van der Waals surface area contributed by atoms with E-state index in [4.69, 9.17) is 23.8 Å². The van der Waals surface area contributed by atoms with E-state index in [2.05, 4.69) is 29.8 Å². The fourth-order valence-corrected chi connectivity index (χ4v) is 7.20. The summed E-state index contributed by atoms with van der Waals surface area (Å²) in [6.45, 7) is 3.72. The van der Waals surface area contributed by atoms with E-state index in [1.807, 2.05) is 24.3 Å². The zero-order chi connectivity index (χ0) is 46.3. The van der Waals surface area contributed by atoms with Crippen molar-refractivity contribution < 1.29 is 71.8 Å². The van der Waals surface area contributed by atoms with Gasteiger partial charge in [0.05, 0.1) is 32.0 Å².